The van der Waals surface area contributed by atoms with Crippen molar-refractivity contribution in [3.05, 3.63) is 106 Å². The normalized spacial score (nSPS) is 10.5. The second-order valence-electron chi connectivity index (χ2n) is 6.45. The average Bonchev–Trinajstić information content (AvgIpc) is 2.73. The van der Waals surface area contributed by atoms with Crippen LogP contribution in [0.1, 0.15) is 16.7 Å². The number of rotatable bonds is 8. The van der Waals surface area contributed by atoms with Crippen LogP contribution in [0.25, 0.3) is 0 Å². The van der Waals surface area contributed by atoms with Crippen molar-refractivity contribution in [1.82, 2.24) is 5.06 Å². The minimum absolute atomic E-state index is 0.0109. The van der Waals surface area contributed by atoms with Gasteiger partial charge in [0.15, 0.2) is 0 Å². The van der Waals surface area contributed by atoms with Gasteiger partial charge in [-0.2, -0.15) is 0 Å². The number of ether oxygens (including phenoxy) is 1. The Morgan fingerprint density at radius 2 is 1.54 bits per heavy atom. The highest BCUT2D eigenvalue weighted by Crippen LogP contribution is 2.26. The second-order valence-corrected chi connectivity index (χ2v) is 6.85. The van der Waals surface area contributed by atoms with Gasteiger partial charge in [0.1, 0.15) is 12.4 Å². The molecule has 1 amide bonds. The van der Waals surface area contributed by atoms with E-state index in [0.29, 0.717) is 34.4 Å². The minimum atomic E-state index is -0.482. The third kappa shape index (κ3) is 5.84. The largest absolute Gasteiger partial charge is 0.756 e. The second kappa shape index (κ2) is 9.93. The quantitative estimate of drug-likeness (QED) is 0.503. The summed E-state index contributed by atoms with van der Waals surface area (Å²) >= 11 is 6.27. The molecule has 3 rings (SSSR count). The lowest BCUT2D eigenvalue weighted by Gasteiger charge is -2.28. The van der Waals surface area contributed by atoms with Crippen molar-refractivity contribution in [2.45, 2.75) is 19.4 Å². The summed E-state index contributed by atoms with van der Waals surface area (Å²) in [7, 11) is 0. The molecular weight excluding hydrogens is 374 g/mol. The van der Waals surface area contributed by atoms with Gasteiger partial charge in [0.25, 0.3) is 0 Å². The number of hydrogen-bond acceptors (Lipinski definition) is 3. The Morgan fingerprint density at radius 3 is 2.18 bits per heavy atom. The number of hydroxylamine groups is 2. The Labute approximate surface area is 169 Å². The van der Waals surface area contributed by atoms with Crippen LogP contribution in [-0.4, -0.2) is 17.5 Å². The van der Waals surface area contributed by atoms with E-state index in [1.165, 1.54) is 0 Å². The highest BCUT2D eigenvalue weighted by Gasteiger charge is 2.09. The van der Waals surface area contributed by atoms with Gasteiger partial charge in [-0.15, -0.1) is 0 Å². The van der Waals surface area contributed by atoms with Gasteiger partial charge in [-0.25, -0.2) is 0 Å². The molecule has 0 aliphatic carbocycles. The van der Waals surface area contributed by atoms with Crippen LogP contribution < -0.4 is 4.74 Å². The van der Waals surface area contributed by atoms with E-state index in [1.54, 1.807) is 18.2 Å². The Morgan fingerprint density at radius 1 is 0.893 bits per heavy atom. The molecule has 0 atom stereocenters. The van der Waals surface area contributed by atoms with Gasteiger partial charge >= 0.3 is 0 Å². The Bertz CT molecular complexity index is 900. The highest BCUT2D eigenvalue weighted by molar-refractivity contribution is 6.32. The summed E-state index contributed by atoms with van der Waals surface area (Å²) in [6.07, 6.45) is 0.542. The lowest BCUT2D eigenvalue weighted by molar-refractivity contribution is -0.127. The molecule has 0 aromatic heterocycles. The molecule has 0 spiro atoms. The molecule has 0 saturated heterocycles. The van der Waals surface area contributed by atoms with Crippen LogP contribution in [0.15, 0.2) is 78.9 Å². The molecule has 0 N–H and O–H groups in total. The summed E-state index contributed by atoms with van der Waals surface area (Å²) in [6.45, 7) is 0.543. The molecule has 0 heterocycles. The van der Waals surface area contributed by atoms with Crippen LogP contribution >= 0.6 is 11.6 Å². The molecule has 0 saturated carbocycles. The third-order valence-electron chi connectivity index (χ3n) is 4.31. The summed E-state index contributed by atoms with van der Waals surface area (Å²) < 4.78 is 5.73. The molecule has 28 heavy (non-hydrogen) atoms. The fraction of sp³-hybridized carbons (Fsp3) is 0.174. The maximum atomic E-state index is 12.2. The average molecular weight is 395 g/mol. The Balaban J connectivity index is 1.52. The highest BCUT2D eigenvalue weighted by atomic mass is 35.5. The van der Waals surface area contributed by atoms with Gasteiger partial charge in [0.05, 0.1) is 11.4 Å². The number of benzene rings is 3. The van der Waals surface area contributed by atoms with Crippen LogP contribution in [-0.2, 0) is 24.2 Å². The topological polar surface area (TPSA) is 52.6 Å². The smallest absolute Gasteiger partial charge is 0.216 e. The molecule has 0 unspecified atom stereocenters. The standard InChI is InChI=1S/C23H21ClNO3/c24-21-15-20(11-12-22(21)28-17-19-9-5-2-6-10-19)16-23(26)25(27)14-13-18-7-3-1-4-8-18/h1-12,15H,13-14,16-17H2/q-1. The number of halogens is 1. The molecule has 0 radical (unpaired) electrons. The number of amides is 1. The Kier molecular flexibility index (Phi) is 7.06. The van der Waals surface area contributed by atoms with Crippen molar-refractivity contribution in [2.24, 2.45) is 0 Å². The van der Waals surface area contributed by atoms with Crippen LogP contribution in [0.3, 0.4) is 0 Å². The first-order valence-corrected chi connectivity index (χ1v) is 9.46. The van der Waals surface area contributed by atoms with E-state index in [2.05, 4.69) is 0 Å². The molecule has 0 aliphatic heterocycles. The van der Waals surface area contributed by atoms with E-state index in [4.69, 9.17) is 16.3 Å². The molecule has 4 nitrogen and oxygen atoms in total. The summed E-state index contributed by atoms with van der Waals surface area (Å²) in [5, 5.41) is 13.0. The van der Waals surface area contributed by atoms with Crippen LogP contribution in [0, 0.1) is 5.21 Å². The van der Waals surface area contributed by atoms with E-state index >= 15 is 0 Å². The van der Waals surface area contributed by atoms with E-state index in [9.17, 15) is 10.0 Å². The monoisotopic (exact) mass is 394 g/mol. The number of carbonyl (C=O) groups excluding carboxylic acids is 1. The summed E-state index contributed by atoms with van der Waals surface area (Å²) in [5.74, 6) is 0.0646. The van der Waals surface area contributed by atoms with Gasteiger partial charge in [0.2, 0.25) is 5.91 Å². The van der Waals surface area contributed by atoms with Crippen LogP contribution in [0.4, 0.5) is 0 Å². The maximum Gasteiger partial charge on any atom is 0.216 e. The van der Waals surface area contributed by atoms with Crippen molar-refractivity contribution in [3.8, 4) is 5.75 Å². The lowest BCUT2D eigenvalue weighted by atomic mass is 10.1. The summed E-state index contributed by atoms with van der Waals surface area (Å²) in [6, 6.07) is 24.6. The SMILES string of the molecule is O=C(Cc1ccc(OCc2ccccc2)c(Cl)c1)N([O-])CCc1ccccc1. The predicted octanol–water partition coefficient (Wildman–Crippen LogP) is 5.03. The number of carbonyl (C=O) groups is 1. The first-order valence-electron chi connectivity index (χ1n) is 9.08. The molecule has 0 fully saturated rings. The fourth-order valence-electron chi connectivity index (χ4n) is 2.77. The first-order chi connectivity index (χ1) is 13.6. The zero-order chi connectivity index (χ0) is 19.8. The molecule has 0 aliphatic rings. The predicted molar refractivity (Wildman–Crippen MR) is 111 cm³/mol. The first kappa shape index (κ1) is 19.9. The zero-order valence-corrected chi connectivity index (χ0v) is 16.1. The number of hydrogen-bond donors (Lipinski definition) is 0. The molecule has 0 bridgehead atoms. The van der Waals surface area contributed by atoms with Crippen LogP contribution in [0.5, 0.6) is 5.75 Å². The van der Waals surface area contributed by atoms with E-state index in [-0.39, 0.29) is 13.0 Å². The lowest BCUT2D eigenvalue weighted by Crippen LogP contribution is -2.28. The van der Waals surface area contributed by atoms with Crippen molar-refractivity contribution < 1.29 is 9.53 Å². The molecule has 3 aromatic carbocycles. The Hall–Kier alpha value is -2.82. The van der Waals surface area contributed by atoms with Gasteiger partial charge < -0.3 is 15.0 Å². The molecule has 5 heteroatoms. The zero-order valence-electron chi connectivity index (χ0n) is 15.4. The molecule has 144 valence electrons. The van der Waals surface area contributed by atoms with Crippen molar-refractivity contribution in [3.63, 3.8) is 0 Å². The van der Waals surface area contributed by atoms with Gasteiger partial charge in [-0.3, -0.25) is 4.79 Å². The minimum Gasteiger partial charge on any atom is -0.756 e. The molecule has 3 aromatic rings. The third-order valence-corrected chi connectivity index (χ3v) is 4.61. The van der Waals surface area contributed by atoms with Gasteiger partial charge in [-0.05, 0) is 35.2 Å². The van der Waals surface area contributed by atoms with Gasteiger partial charge in [0, 0.05) is 6.54 Å². The van der Waals surface area contributed by atoms with E-state index in [1.807, 2.05) is 60.7 Å². The van der Waals surface area contributed by atoms with Crippen molar-refractivity contribution >= 4 is 17.5 Å². The molecular formula is C23H21ClNO3-. The fourth-order valence-corrected chi connectivity index (χ4v) is 3.03. The van der Waals surface area contributed by atoms with Gasteiger partial charge in [-0.1, -0.05) is 78.3 Å². The van der Waals surface area contributed by atoms with Crippen molar-refractivity contribution in [2.75, 3.05) is 6.54 Å². The summed E-state index contributed by atoms with van der Waals surface area (Å²) in [5.41, 5.74) is 2.75. The van der Waals surface area contributed by atoms with Crippen molar-refractivity contribution in [1.29, 1.82) is 0 Å². The van der Waals surface area contributed by atoms with E-state index < -0.39 is 5.91 Å². The maximum absolute atomic E-state index is 12.2. The number of nitrogens with zero attached hydrogens (tertiary/aromatic N) is 1. The van der Waals surface area contributed by atoms with E-state index in [0.717, 1.165) is 11.1 Å². The van der Waals surface area contributed by atoms with Crippen LogP contribution in [0.2, 0.25) is 5.02 Å². The summed E-state index contributed by atoms with van der Waals surface area (Å²) in [4.78, 5) is 12.2.